The Kier molecular flexibility index (Phi) is 5.35. The first-order valence-corrected chi connectivity index (χ1v) is 11.3. The van der Waals surface area contributed by atoms with Crippen molar-refractivity contribution in [3.05, 3.63) is 89.7 Å². The number of nitrogens with zero attached hydrogens (tertiary/aromatic N) is 3. The fourth-order valence-electron chi connectivity index (χ4n) is 4.02. The fourth-order valence-corrected chi connectivity index (χ4v) is 4.78. The molecule has 3 aromatic heterocycles. The van der Waals surface area contributed by atoms with Crippen molar-refractivity contribution < 1.29 is 14.4 Å². The summed E-state index contributed by atoms with van der Waals surface area (Å²) in [5, 5.41) is 1.98. The molecule has 1 fully saturated rings. The molecule has 0 radical (unpaired) electrons. The zero-order valence-corrected chi connectivity index (χ0v) is 18.5. The van der Waals surface area contributed by atoms with E-state index in [1.54, 1.807) is 46.7 Å². The Labute approximate surface area is 194 Å². The number of carbonyl (C=O) groups excluding carboxylic acids is 3. The summed E-state index contributed by atoms with van der Waals surface area (Å²) in [6.45, 7) is 4.66. The van der Waals surface area contributed by atoms with E-state index < -0.39 is 11.7 Å². The summed E-state index contributed by atoms with van der Waals surface area (Å²) in [4.78, 5) is 50.4. The number of Topliss-reactive ketones (excluding diaryl/α,β-unsaturated/α-hetero) is 1. The minimum atomic E-state index is -0.670. The predicted octanol–water partition coefficient (Wildman–Crippen LogP) is 3.97. The fraction of sp³-hybridized carbons (Fsp3) is 0.120. The molecule has 1 saturated heterocycles. The van der Waals surface area contributed by atoms with E-state index in [0.29, 0.717) is 28.8 Å². The van der Waals surface area contributed by atoms with E-state index in [-0.39, 0.29) is 24.6 Å². The Bertz CT molecular complexity index is 1380. The van der Waals surface area contributed by atoms with Crippen LogP contribution in [0.15, 0.2) is 78.6 Å². The van der Waals surface area contributed by atoms with Crippen molar-refractivity contribution in [1.82, 2.24) is 19.8 Å². The molecule has 7 nitrogen and oxygen atoms in total. The highest BCUT2D eigenvalue weighted by Crippen LogP contribution is 2.31. The van der Waals surface area contributed by atoms with Crippen LogP contribution in [0.25, 0.3) is 21.5 Å². The van der Waals surface area contributed by atoms with Crippen molar-refractivity contribution in [3.63, 3.8) is 0 Å². The van der Waals surface area contributed by atoms with Gasteiger partial charge in [-0.05, 0) is 29.6 Å². The van der Waals surface area contributed by atoms with E-state index in [0.717, 1.165) is 10.4 Å². The van der Waals surface area contributed by atoms with Crippen LogP contribution in [-0.2, 0) is 4.79 Å². The lowest BCUT2D eigenvalue weighted by Crippen LogP contribution is -2.50. The van der Waals surface area contributed by atoms with Crippen molar-refractivity contribution in [2.75, 3.05) is 19.6 Å². The van der Waals surface area contributed by atoms with Gasteiger partial charge >= 0.3 is 0 Å². The number of carbonyl (C=O) groups is 3. The SMILES string of the molecule is C=C1CN(C(=O)c2ccccc2)CCN1C(=O)C(=O)c1c[nH]c2c(-c3cccs3)ccnc12. The monoisotopic (exact) mass is 456 g/mol. The highest BCUT2D eigenvalue weighted by atomic mass is 32.1. The zero-order chi connectivity index (χ0) is 22.9. The Hall–Kier alpha value is -4.04. The molecule has 4 heterocycles. The second kappa shape index (κ2) is 8.48. The van der Waals surface area contributed by atoms with Gasteiger partial charge in [0.15, 0.2) is 0 Å². The molecule has 0 saturated carbocycles. The molecule has 1 aliphatic rings. The van der Waals surface area contributed by atoms with E-state index in [4.69, 9.17) is 0 Å². The number of thiophene rings is 1. The van der Waals surface area contributed by atoms with Gasteiger partial charge in [0.2, 0.25) is 0 Å². The standard InChI is InChI=1S/C25H20N4O3S/c1-16-15-28(24(31)17-6-3-2-4-7-17)11-12-29(16)25(32)23(30)19-14-27-21-18(9-10-26-22(19)21)20-8-5-13-33-20/h2-10,13-14,27H,1,11-12,15H2. The van der Waals surface area contributed by atoms with Gasteiger partial charge in [-0.15, -0.1) is 11.3 Å². The van der Waals surface area contributed by atoms with Crippen LogP contribution >= 0.6 is 11.3 Å². The minimum Gasteiger partial charge on any atom is -0.359 e. The van der Waals surface area contributed by atoms with Gasteiger partial charge in [0, 0.05) is 47.2 Å². The van der Waals surface area contributed by atoms with Gasteiger partial charge in [-0.1, -0.05) is 30.8 Å². The number of aromatic nitrogens is 2. The van der Waals surface area contributed by atoms with Crippen LogP contribution in [0.4, 0.5) is 0 Å². The van der Waals surface area contributed by atoms with Gasteiger partial charge in [0.05, 0.1) is 23.1 Å². The summed E-state index contributed by atoms with van der Waals surface area (Å²) >= 11 is 1.59. The molecule has 1 N–H and O–H groups in total. The Morgan fingerprint density at radius 3 is 2.58 bits per heavy atom. The summed E-state index contributed by atoms with van der Waals surface area (Å²) in [6.07, 6.45) is 3.17. The van der Waals surface area contributed by atoms with E-state index in [9.17, 15) is 14.4 Å². The Balaban J connectivity index is 1.35. The van der Waals surface area contributed by atoms with Crippen LogP contribution in [0.3, 0.4) is 0 Å². The number of amides is 2. The molecule has 5 rings (SSSR count). The molecule has 8 heteroatoms. The maximum Gasteiger partial charge on any atom is 0.299 e. The molecule has 164 valence electrons. The van der Waals surface area contributed by atoms with Gasteiger partial charge in [-0.2, -0.15) is 0 Å². The van der Waals surface area contributed by atoms with Crippen molar-refractivity contribution >= 4 is 40.0 Å². The summed E-state index contributed by atoms with van der Waals surface area (Å²) in [5.74, 6) is -1.45. The third kappa shape index (κ3) is 3.74. The van der Waals surface area contributed by atoms with Crippen LogP contribution in [0.2, 0.25) is 0 Å². The van der Waals surface area contributed by atoms with E-state index in [2.05, 4.69) is 16.5 Å². The Morgan fingerprint density at radius 2 is 1.85 bits per heavy atom. The number of fused-ring (bicyclic) bond motifs is 1. The van der Waals surface area contributed by atoms with Gasteiger partial charge in [0.1, 0.15) is 0 Å². The van der Waals surface area contributed by atoms with Gasteiger partial charge < -0.3 is 14.8 Å². The molecule has 0 unspecified atom stereocenters. The summed E-state index contributed by atoms with van der Waals surface area (Å²) < 4.78 is 0. The summed E-state index contributed by atoms with van der Waals surface area (Å²) in [6, 6.07) is 14.8. The maximum absolute atomic E-state index is 13.1. The van der Waals surface area contributed by atoms with Crippen LogP contribution in [0.5, 0.6) is 0 Å². The third-order valence-corrected chi connectivity index (χ3v) is 6.60. The molecule has 0 atom stereocenters. The minimum absolute atomic E-state index is 0.128. The Morgan fingerprint density at radius 1 is 1.03 bits per heavy atom. The lowest BCUT2D eigenvalue weighted by atomic mass is 10.1. The van der Waals surface area contributed by atoms with Gasteiger partial charge in [0.25, 0.3) is 17.6 Å². The zero-order valence-electron chi connectivity index (χ0n) is 17.7. The number of nitrogens with one attached hydrogen (secondary N) is 1. The average Bonchev–Trinajstić information content (AvgIpc) is 3.53. The first kappa shape index (κ1) is 20.8. The molecule has 0 spiro atoms. The molecule has 1 aromatic carbocycles. The number of rotatable bonds is 4. The molecule has 2 amide bonds. The smallest absolute Gasteiger partial charge is 0.299 e. The molecule has 0 aliphatic carbocycles. The van der Waals surface area contributed by atoms with Crippen molar-refractivity contribution in [2.45, 2.75) is 0 Å². The maximum atomic E-state index is 13.1. The molecule has 1 aliphatic heterocycles. The van der Waals surface area contributed by atoms with Crippen molar-refractivity contribution in [3.8, 4) is 10.4 Å². The first-order chi connectivity index (χ1) is 16.0. The highest BCUT2D eigenvalue weighted by molar-refractivity contribution is 7.13. The van der Waals surface area contributed by atoms with Gasteiger partial charge in [-0.3, -0.25) is 19.4 Å². The second-order valence-corrected chi connectivity index (χ2v) is 8.65. The number of hydrogen-bond acceptors (Lipinski definition) is 5. The number of aromatic amines is 1. The molecule has 4 aromatic rings. The van der Waals surface area contributed by atoms with Crippen LogP contribution in [0, 0.1) is 0 Å². The van der Waals surface area contributed by atoms with Crippen LogP contribution < -0.4 is 0 Å². The van der Waals surface area contributed by atoms with Crippen LogP contribution in [-0.4, -0.2) is 57.0 Å². The second-order valence-electron chi connectivity index (χ2n) is 7.71. The number of hydrogen-bond donors (Lipinski definition) is 1. The van der Waals surface area contributed by atoms with Gasteiger partial charge in [-0.25, -0.2) is 0 Å². The molecule has 0 bridgehead atoms. The third-order valence-electron chi connectivity index (χ3n) is 5.69. The summed E-state index contributed by atoms with van der Waals surface area (Å²) in [7, 11) is 0. The predicted molar refractivity (Wildman–Crippen MR) is 127 cm³/mol. The lowest BCUT2D eigenvalue weighted by Gasteiger charge is -2.36. The normalized spacial score (nSPS) is 14.0. The number of piperazine rings is 1. The number of pyridine rings is 1. The lowest BCUT2D eigenvalue weighted by molar-refractivity contribution is -0.125. The highest BCUT2D eigenvalue weighted by Gasteiger charge is 2.32. The number of H-pyrrole nitrogens is 1. The van der Waals surface area contributed by atoms with E-state index in [1.807, 2.05) is 29.6 Å². The van der Waals surface area contributed by atoms with E-state index >= 15 is 0 Å². The first-order valence-electron chi connectivity index (χ1n) is 10.4. The molecular formula is C25H20N4O3S. The van der Waals surface area contributed by atoms with Crippen LogP contribution in [0.1, 0.15) is 20.7 Å². The van der Waals surface area contributed by atoms with Crippen molar-refractivity contribution in [2.24, 2.45) is 0 Å². The van der Waals surface area contributed by atoms with E-state index in [1.165, 1.54) is 11.1 Å². The topological polar surface area (TPSA) is 86.4 Å². The number of benzene rings is 1. The molecule has 33 heavy (non-hydrogen) atoms. The summed E-state index contributed by atoms with van der Waals surface area (Å²) in [5.41, 5.74) is 3.32. The molecular weight excluding hydrogens is 436 g/mol. The van der Waals surface area contributed by atoms with Crippen molar-refractivity contribution in [1.29, 1.82) is 0 Å². The quantitative estimate of drug-likeness (QED) is 0.372. The average molecular weight is 457 g/mol. The largest absolute Gasteiger partial charge is 0.359 e. The number of ketones is 1.